The molecule has 3 fully saturated rings. The number of carbonyl (C=O) groups excluding carboxylic acids is 1. The van der Waals surface area contributed by atoms with Crippen LogP contribution in [0.15, 0.2) is 0 Å². The van der Waals surface area contributed by atoms with Crippen molar-refractivity contribution in [3.8, 4) is 0 Å². The predicted octanol–water partition coefficient (Wildman–Crippen LogP) is 0.937. The zero-order chi connectivity index (χ0) is 16.4. The van der Waals surface area contributed by atoms with Crippen LogP contribution in [-0.4, -0.2) is 75.0 Å². The number of nitrogens with zero attached hydrogens (tertiary/aromatic N) is 2. The van der Waals surface area contributed by atoms with Crippen LogP contribution in [0.25, 0.3) is 0 Å². The lowest BCUT2D eigenvalue weighted by Gasteiger charge is -2.46. The highest BCUT2D eigenvalue weighted by atomic mass is 32.2. The van der Waals surface area contributed by atoms with E-state index in [0.717, 1.165) is 32.5 Å². The van der Waals surface area contributed by atoms with E-state index in [4.69, 9.17) is 0 Å². The second-order valence-electron chi connectivity index (χ2n) is 7.50. The summed E-state index contributed by atoms with van der Waals surface area (Å²) in [5.74, 6) is 1.45. The zero-order valence-corrected chi connectivity index (χ0v) is 14.9. The first-order valence-electron chi connectivity index (χ1n) is 8.88. The molecule has 3 aliphatic rings. The van der Waals surface area contributed by atoms with Crippen LogP contribution in [-0.2, 0) is 9.84 Å². The Kier molecular flexibility index (Phi) is 5.16. The molecule has 132 valence electrons. The number of urea groups is 1. The third-order valence-corrected chi connectivity index (χ3v) is 7.46. The number of sulfone groups is 1. The van der Waals surface area contributed by atoms with Crippen LogP contribution in [0.2, 0.25) is 0 Å². The molecule has 3 heterocycles. The van der Waals surface area contributed by atoms with Gasteiger partial charge in [0.15, 0.2) is 0 Å². The van der Waals surface area contributed by atoms with Gasteiger partial charge in [-0.05, 0) is 57.5 Å². The molecule has 0 aliphatic carbocycles. The Balaban J connectivity index is 1.50. The van der Waals surface area contributed by atoms with Crippen LogP contribution in [0.4, 0.5) is 4.79 Å². The van der Waals surface area contributed by atoms with E-state index in [1.165, 1.54) is 6.42 Å². The molecule has 6 nitrogen and oxygen atoms in total. The van der Waals surface area contributed by atoms with E-state index in [2.05, 4.69) is 17.3 Å². The first-order chi connectivity index (χ1) is 10.9. The first kappa shape index (κ1) is 17.0. The molecule has 0 bridgehead atoms. The van der Waals surface area contributed by atoms with Gasteiger partial charge >= 0.3 is 6.03 Å². The lowest BCUT2D eigenvalue weighted by molar-refractivity contribution is 0.0530. The molecule has 0 aromatic carbocycles. The smallest absolute Gasteiger partial charge is 0.317 e. The van der Waals surface area contributed by atoms with Gasteiger partial charge in [-0.15, -0.1) is 0 Å². The van der Waals surface area contributed by atoms with Gasteiger partial charge in [0.2, 0.25) is 0 Å². The number of piperidine rings is 2. The van der Waals surface area contributed by atoms with Crippen molar-refractivity contribution >= 4 is 15.9 Å². The van der Waals surface area contributed by atoms with Crippen molar-refractivity contribution in [2.24, 2.45) is 11.8 Å². The maximum Gasteiger partial charge on any atom is 0.317 e. The van der Waals surface area contributed by atoms with Gasteiger partial charge in [0, 0.05) is 25.7 Å². The zero-order valence-electron chi connectivity index (χ0n) is 14.0. The van der Waals surface area contributed by atoms with Gasteiger partial charge in [-0.3, -0.25) is 0 Å². The lowest BCUT2D eigenvalue weighted by Crippen LogP contribution is -2.57. The minimum absolute atomic E-state index is 0.0534. The van der Waals surface area contributed by atoms with Crippen LogP contribution in [0.3, 0.4) is 0 Å². The Morgan fingerprint density at radius 3 is 2.61 bits per heavy atom. The largest absolute Gasteiger partial charge is 0.338 e. The van der Waals surface area contributed by atoms with Crippen molar-refractivity contribution in [1.82, 2.24) is 15.1 Å². The fourth-order valence-corrected chi connectivity index (χ4v) is 5.90. The Hall–Kier alpha value is -0.820. The Morgan fingerprint density at radius 1 is 1.13 bits per heavy atom. The molecular weight excluding hydrogens is 314 g/mol. The van der Waals surface area contributed by atoms with E-state index in [1.807, 2.05) is 4.90 Å². The summed E-state index contributed by atoms with van der Waals surface area (Å²) in [6.07, 6.45) is 4.73. The molecule has 3 saturated heterocycles. The molecule has 3 rings (SSSR count). The maximum atomic E-state index is 12.6. The van der Waals surface area contributed by atoms with E-state index in [1.54, 1.807) is 0 Å². The number of likely N-dealkylation sites (tertiary alicyclic amines) is 2. The van der Waals surface area contributed by atoms with Crippen LogP contribution >= 0.6 is 0 Å². The fraction of sp³-hybridized carbons (Fsp3) is 0.938. The number of carbonyl (C=O) groups is 1. The summed E-state index contributed by atoms with van der Waals surface area (Å²) in [5.41, 5.74) is 0. The molecule has 2 atom stereocenters. The SMILES string of the molecule is CN1CC[C@H]2[C@@H](CCCN2C(=O)NCC2CCS(=O)(=O)CC2)C1. The monoisotopic (exact) mass is 343 g/mol. The predicted molar refractivity (Wildman–Crippen MR) is 90.1 cm³/mol. The van der Waals surface area contributed by atoms with Gasteiger partial charge in [-0.1, -0.05) is 0 Å². The van der Waals surface area contributed by atoms with Crippen molar-refractivity contribution in [2.45, 2.75) is 38.1 Å². The number of hydrogen-bond donors (Lipinski definition) is 1. The molecule has 0 aromatic heterocycles. The van der Waals surface area contributed by atoms with Crippen LogP contribution < -0.4 is 5.32 Å². The first-order valence-corrected chi connectivity index (χ1v) is 10.7. The molecule has 0 spiro atoms. The molecule has 1 N–H and O–H groups in total. The summed E-state index contributed by atoms with van der Waals surface area (Å²) in [6.45, 7) is 3.62. The summed E-state index contributed by atoms with van der Waals surface area (Å²) in [7, 11) is -0.664. The van der Waals surface area contributed by atoms with E-state index in [9.17, 15) is 13.2 Å². The summed E-state index contributed by atoms with van der Waals surface area (Å²) < 4.78 is 22.9. The van der Waals surface area contributed by atoms with Gasteiger partial charge in [-0.2, -0.15) is 0 Å². The standard InChI is InChI=1S/C16H29N3O3S/c1-18-8-4-15-14(12-18)3-2-7-19(15)16(20)17-11-13-5-9-23(21,22)10-6-13/h13-15H,2-12H2,1H3,(H,17,20)/t14-,15-/m0/s1. The highest BCUT2D eigenvalue weighted by Gasteiger charge is 2.37. The molecule has 0 saturated carbocycles. The van der Waals surface area contributed by atoms with E-state index in [0.29, 0.717) is 37.3 Å². The summed E-state index contributed by atoms with van der Waals surface area (Å²) in [4.78, 5) is 17.0. The number of rotatable bonds is 2. The molecular formula is C16H29N3O3S. The molecule has 3 aliphatic heterocycles. The molecule has 7 heteroatoms. The van der Waals surface area contributed by atoms with Crippen molar-refractivity contribution in [3.63, 3.8) is 0 Å². The van der Waals surface area contributed by atoms with Crippen molar-refractivity contribution in [3.05, 3.63) is 0 Å². The van der Waals surface area contributed by atoms with E-state index in [-0.39, 0.29) is 17.5 Å². The average molecular weight is 343 g/mol. The lowest BCUT2D eigenvalue weighted by atomic mass is 9.84. The number of fused-ring (bicyclic) bond motifs is 1. The van der Waals surface area contributed by atoms with Crippen LogP contribution in [0.1, 0.15) is 32.1 Å². The third kappa shape index (κ3) is 4.18. The number of hydrogen-bond acceptors (Lipinski definition) is 4. The van der Waals surface area contributed by atoms with Crippen molar-refractivity contribution < 1.29 is 13.2 Å². The summed E-state index contributed by atoms with van der Waals surface area (Å²) in [6, 6.07) is 0.435. The number of amides is 2. The van der Waals surface area contributed by atoms with Crippen LogP contribution in [0, 0.1) is 11.8 Å². The highest BCUT2D eigenvalue weighted by molar-refractivity contribution is 7.91. The maximum absolute atomic E-state index is 12.6. The second-order valence-corrected chi connectivity index (χ2v) is 9.80. The molecule has 23 heavy (non-hydrogen) atoms. The van der Waals surface area contributed by atoms with E-state index < -0.39 is 9.84 Å². The fourth-order valence-electron chi connectivity index (χ4n) is 4.31. The Labute approximate surface area is 139 Å². The minimum Gasteiger partial charge on any atom is -0.338 e. The van der Waals surface area contributed by atoms with Gasteiger partial charge in [0.1, 0.15) is 9.84 Å². The number of nitrogens with one attached hydrogen (secondary N) is 1. The Morgan fingerprint density at radius 2 is 1.87 bits per heavy atom. The molecule has 0 unspecified atom stereocenters. The van der Waals surface area contributed by atoms with Gasteiger partial charge in [-0.25, -0.2) is 13.2 Å². The van der Waals surface area contributed by atoms with Gasteiger partial charge < -0.3 is 15.1 Å². The summed E-state index contributed by atoms with van der Waals surface area (Å²) in [5, 5.41) is 3.07. The topological polar surface area (TPSA) is 69.7 Å². The minimum atomic E-state index is -2.82. The van der Waals surface area contributed by atoms with Crippen LogP contribution in [0.5, 0.6) is 0 Å². The van der Waals surface area contributed by atoms with Gasteiger partial charge in [0.25, 0.3) is 0 Å². The quantitative estimate of drug-likeness (QED) is 0.810. The normalized spacial score (nSPS) is 32.3. The average Bonchev–Trinajstić information content (AvgIpc) is 2.52. The van der Waals surface area contributed by atoms with Crippen molar-refractivity contribution in [2.75, 3.05) is 44.7 Å². The summed E-state index contributed by atoms with van der Waals surface area (Å²) >= 11 is 0. The highest BCUT2D eigenvalue weighted by Crippen LogP contribution is 2.30. The third-order valence-electron chi connectivity index (χ3n) is 5.75. The Bertz CT molecular complexity index is 523. The molecule has 0 radical (unpaired) electrons. The second kappa shape index (κ2) is 6.97. The van der Waals surface area contributed by atoms with E-state index >= 15 is 0 Å². The molecule has 0 aromatic rings. The molecule has 2 amide bonds. The van der Waals surface area contributed by atoms with Crippen molar-refractivity contribution in [1.29, 1.82) is 0 Å². The van der Waals surface area contributed by atoms with Gasteiger partial charge in [0.05, 0.1) is 11.5 Å².